The average molecular weight is 278 g/mol. The van der Waals surface area contributed by atoms with Crippen molar-refractivity contribution in [2.45, 2.75) is 11.8 Å². The molecule has 4 nitrogen and oxygen atoms in total. The highest BCUT2D eigenvalue weighted by Crippen LogP contribution is 2.17. The zero-order chi connectivity index (χ0) is 13.7. The summed E-state index contributed by atoms with van der Waals surface area (Å²) in [5, 5.41) is 0. The van der Waals surface area contributed by atoms with Gasteiger partial charge < -0.3 is 9.80 Å². The lowest BCUT2D eigenvalue weighted by Gasteiger charge is -2.33. The monoisotopic (exact) mass is 278 g/mol. The summed E-state index contributed by atoms with van der Waals surface area (Å²) < 4.78 is 0. The number of amides is 2. The van der Waals surface area contributed by atoms with Crippen LogP contribution in [0.2, 0.25) is 0 Å². The topological polar surface area (TPSA) is 40.6 Å². The third-order valence-electron chi connectivity index (χ3n) is 3.11. The summed E-state index contributed by atoms with van der Waals surface area (Å²) in [5.74, 6) is 0.914. The molecule has 19 heavy (non-hydrogen) atoms. The van der Waals surface area contributed by atoms with Gasteiger partial charge in [-0.2, -0.15) is 0 Å². The lowest BCUT2D eigenvalue weighted by Crippen LogP contribution is -2.54. The van der Waals surface area contributed by atoms with Crippen molar-refractivity contribution in [2.75, 3.05) is 31.9 Å². The Labute approximate surface area is 117 Å². The predicted octanol–water partition coefficient (Wildman–Crippen LogP) is 1.47. The number of thioether (sulfide) groups is 1. The molecular weight excluding hydrogens is 260 g/mol. The Morgan fingerprint density at radius 2 is 1.68 bits per heavy atom. The van der Waals surface area contributed by atoms with E-state index in [0.717, 1.165) is 5.75 Å². The van der Waals surface area contributed by atoms with Crippen molar-refractivity contribution >= 4 is 23.6 Å². The molecule has 0 bridgehead atoms. The summed E-state index contributed by atoms with van der Waals surface area (Å²) in [6.45, 7) is 3.58. The molecule has 102 valence electrons. The maximum absolute atomic E-state index is 11.9. The fraction of sp³-hybridized carbons (Fsp3) is 0.429. The van der Waals surface area contributed by atoms with E-state index in [0.29, 0.717) is 13.1 Å². The highest BCUT2D eigenvalue weighted by atomic mass is 32.2. The van der Waals surface area contributed by atoms with Gasteiger partial charge in [-0.25, -0.2) is 0 Å². The Morgan fingerprint density at radius 1 is 1.05 bits per heavy atom. The quantitative estimate of drug-likeness (QED) is 0.766. The molecule has 1 aromatic rings. The SMILES string of the molecule is CCN1CC(=O)N(CCSc2ccccc2)CC1=O. The summed E-state index contributed by atoms with van der Waals surface area (Å²) in [4.78, 5) is 28.1. The number of benzene rings is 1. The smallest absolute Gasteiger partial charge is 0.242 e. The Morgan fingerprint density at radius 3 is 2.37 bits per heavy atom. The molecule has 0 spiro atoms. The van der Waals surface area contributed by atoms with Crippen LogP contribution in [-0.4, -0.2) is 53.5 Å². The molecule has 1 heterocycles. The number of likely N-dealkylation sites (N-methyl/N-ethyl adjacent to an activating group) is 1. The van der Waals surface area contributed by atoms with Gasteiger partial charge in [0, 0.05) is 23.7 Å². The van der Waals surface area contributed by atoms with Gasteiger partial charge in [0.1, 0.15) is 0 Å². The minimum Gasteiger partial charge on any atom is -0.332 e. The molecule has 1 aromatic carbocycles. The summed E-state index contributed by atoms with van der Waals surface area (Å²) in [5.41, 5.74) is 0. The van der Waals surface area contributed by atoms with Gasteiger partial charge in [-0.15, -0.1) is 11.8 Å². The number of carbonyl (C=O) groups excluding carboxylic acids is 2. The van der Waals surface area contributed by atoms with E-state index in [1.165, 1.54) is 4.90 Å². The number of hydrogen-bond acceptors (Lipinski definition) is 3. The van der Waals surface area contributed by atoms with E-state index >= 15 is 0 Å². The van der Waals surface area contributed by atoms with Crippen molar-refractivity contribution in [3.8, 4) is 0 Å². The van der Waals surface area contributed by atoms with E-state index < -0.39 is 0 Å². The molecule has 2 rings (SSSR count). The maximum Gasteiger partial charge on any atom is 0.242 e. The number of piperazine rings is 1. The predicted molar refractivity (Wildman–Crippen MR) is 76.0 cm³/mol. The first-order valence-electron chi connectivity index (χ1n) is 6.44. The van der Waals surface area contributed by atoms with Crippen LogP contribution in [0.4, 0.5) is 0 Å². The molecule has 1 aliphatic rings. The number of hydrogen-bond donors (Lipinski definition) is 0. The molecule has 0 N–H and O–H groups in total. The van der Waals surface area contributed by atoms with Gasteiger partial charge in [-0.05, 0) is 19.1 Å². The molecule has 0 aliphatic carbocycles. The van der Waals surface area contributed by atoms with Gasteiger partial charge >= 0.3 is 0 Å². The van der Waals surface area contributed by atoms with Crippen LogP contribution in [0.1, 0.15) is 6.92 Å². The van der Waals surface area contributed by atoms with Gasteiger partial charge in [0.25, 0.3) is 0 Å². The van der Waals surface area contributed by atoms with Gasteiger partial charge in [0.15, 0.2) is 0 Å². The van der Waals surface area contributed by atoms with Crippen LogP contribution in [-0.2, 0) is 9.59 Å². The second kappa shape index (κ2) is 6.61. The van der Waals surface area contributed by atoms with Crippen molar-refractivity contribution in [1.82, 2.24) is 9.80 Å². The van der Waals surface area contributed by atoms with E-state index in [1.54, 1.807) is 21.6 Å². The number of rotatable bonds is 5. The van der Waals surface area contributed by atoms with Gasteiger partial charge in [0.05, 0.1) is 13.1 Å². The molecule has 1 aliphatic heterocycles. The third kappa shape index (κ3) is 3.73. The molecule has 0 atom stereocenters. The van der Waals surface area contributed by atoms with E-state index in [4.69, 9.17) is 0 Å². The second-order valence-corrected chi connectivity index (χ2v) is 5.55. The largest absolute Gasteiger partial charge is 0.332 e. The van der Waals surface area contributed by atoms with E-state index in [2.05, 4.69) is 0 Å². The lowest BCUT2D eigenvalue weighted by atomic mass is 10.3. The first-order valence-corrected chi connectivity index (χ1v) is 7.42. The van der Waals surface area contributed by atoms with Crippen LogP contribution in [0.5, 0.6) is 0 Å². The van der Waals surface area contributed by atoms with E-state index in [1.807, 2.05) is 37.3 Å². The summed E-state index contributed by atoms with van der Waals surface area (Å²) in [7, 11) is 0. The highest BCUT2D eigenvalue weighted by Gasteiger charge is 2.28. The molecule has 0 radical (unpaired) electrons. The molecule has 1 fully saturated rings. The van der Waals surface area contributed by atoms with Crippen LogP contribution < -0.4 is 0 Å². The number of carbonyl (C=O) groups is 2. The first kappa shape index (κ1) is 13.9. The van der Waals surface area contributed by atoms with Gasteiger partial charge in [-0.3, -0.25) is 9.59 Å². The standard InChI is InChI=1S/C14H18N2O2S/c1-2-15-10-14(18)16(11-13(15)17)8-9-19-12-6-4-3-5-7-12/h3-7H,2,8-11H2,1H3. The number of nitrogens with zero attached hydrogens (tertiary/aromatic N) is 2. The zero-order valence-corrected chi connectivity index (χ0v) is 11.9. The van der Waals surface area contributed by atoms with Crippen LogP contribution in [0, 0.1) is 0 Å². The lowest BCUT2D eigenvalue weighted by molar-refractivity contribution is -0.149. The van der Waals surface area contributed by atoms with Crippen LogP contribution in [0.3, 0.4) is 0 Å². The molecule has 1 saturated heterocycles. The highest BCUT2D eigenvalue weighted by molar-refractivity contribution is 7.99. The molecule has 5 heteroatoms. The molecule has 0 saturated carbocycles. The minimum absolute atomic E-state index is 0.0480. The molecular formula is C14H18N2O2S. The van der Waals surface area contributed by atoms with E-state index in [9.17, 15) is 9.59 Å². The summed E-state index contributed by atoms with van der Waals surface area (Å²) >= 11 is 1.71. The van der Waals surface area contributed by atoms with Crippen molar-refractivity contribution < 1.29 is 9.59 Å². The van der Waals surface area contributed by atoms with Crippen molar-refractivity contribution in [3.05, 3.63) is 30.3 Å². The third-order valence-corrected chi connectivity index (χ3v) is 4.10. The Balaban J connectivity index is 1.80. The Hall–Kier alpha value is -1.49. The maximum atomic E-state index is 11.9. The Bertz CT molecular complexity index is 450. The first-order chi connectivity index (χ1) is 9.20. The minimum atomic E-state index is 0.0480. The molecule has 2 amide bonds. The van der Waals surface area contributed by atoms with Crippen molar-refractivity contribution in [3.63, 3.8) is 0 Å². The molecule has 0 aromatic heterocycles. The average Bonchev–Trinajstić information content (AvgIpc) is 2.43. The van der Waals surface area contributed by atoms with Gasteiger partial charge in [-0.1, -0.05) is 18.2 Å². The van der Waals surface area contributed by atoms with Crippen molar-refractivity contribution in [1.29, 1.82) is 0 Å². The van der Waals surface area contributed by atoms with E-state index in [-0.39, 0.29) is 24.9 Å². The van der Waals surface area contributed by atoms with Crippen LogP contribution in [0.25, 0.3) is 0 Å². The summed E-state index contributed by atoms with van der Waals surface area (Å²) in [6, 6.07) is 10.1. The van der Waals surface area contributed by atoms with Crippen LogP contribution >= 0.6 is 11.8 Å². The summed E-state index contributed by atoms with van der Waals surface area (Å²) in [6.07, 6.45) is 0. The second-order valence-electron chi connectivity index (χ2n) is 4.38. The van der Waals surface area contributed by atoms with Gasteiger partial charge in [0.2, 0.25) is 11.8 Å². The van der Waals surface area contributed by atoms with Crippen LogP contribution in [0.15, 0.2) is 35.2 Å². The normalized spacial score (nSPS) is 16.1. The van der Waals surface area contributed by atoms with Crippen molar-refractivity contribution in [2.24, 2.45) is 0 Å². The zero-order valence-electron chi connectivity index (χ0n) is 11.0. The fourth-order valence-corrected chi connectivity index (χ4v) is 2.88. The molecule has 0 unspecified atom stereocenters. The Kier molecular flexibility index (Phi) is 4.85. The fourth-order valence-electron chi connectivity index (χ4n) is 1.99.